The highest BCUT2D eigenvalue weighted by atomic mass is 79.9. The number of furan rings is 1. The Balaban J connectivity index is 1.62. The lowest BCUT2D eigenvalue weighted by Crippen LogP contribution is -2.27. The maximum Gasteiger partial charge on any atom is 0.271 e. The Kier molecular flexibility index (Phi) is 5.99. The van der Waals surface area contributed by atoms with E-state index in [-0.39, 0.29) is 5.91 Å². The third kappa shape index (κ3) is 4.03. The molecule has 1 aromatic heterocycles. The number of carbonyl (C=O) groups excluding carboxylic acids is 1. The number of rotatable bonds is 5. The second-order valence-electron chi connectivity index (χ2n) is 6.26. The standard InChI is InChI=1S/C22H16BrNO4S2/c1-26-15-7-9-17(19(11-15)27-2)24-21(25)20(30-22(24)29)12-16-8-10-18(28-16)13-3-5-14(23)6-4-13/h3-12H,1-2H3. The Morgan fingerprint density at radius 3 is 2.53 bits per heavy atom. The summed E-state index contributed by atoms with van der Waals surface area (Å²) >= 11 is 10.1. The van der Waals surface area contributed by atoms with Gasteiger partial charge in [-0.1, -0.05) is 52.0 Å². The van der Waals surface area contributed by atoms with Gasteiger partial charge in [0, 0.05) is 22.2 Å². The molecule has 0 bridgehead atoms. The van der Waals surface area contributed by atoms with Gasteiger partial charge in [-0.15, -0.1) is 0 Å². The predicted molar refractivity (Wildman–Crippen MR) is 127 cm³/mol. The fourth-order valence-corrected chi connectivity index (χ4v) is 4.50. The van der Waals surface area contributed by atoms with Crippen molar-refractivity contribution in [3.63, 3.8) is 0 Å². The summed E-state index contributed by atoms with van der Waals surface area (Å²) in [7, 11) is 3.11. The predicted octanol–water partition coefficient (Wildman–Crippen LogP) is 6.13. The molecule has 8 heteroatoms. The zero-order valence-electron chi connectivity index (χ0n) is 16.0. The molecule has 3 aromatic rings. The Hall–Kier alpha value is -2.55. The molecule has 0 unspecified atom stereocenters. The van der Waals surface area contributed by atoms with Crippen molar-refractivity contribution in [1.82, 2.24) is 0 Å². The second kappa shape index (κ2) is 8.67. The van der Waals surface area contributed by atoms with E-state index in [4.69, 9.17) is 26.1 Å². The number of benzene rings is 2. The third-order valence-corrected chi connectivity index (χ3v) is 6.28. The van der Waals surface area contributed by atoms with E-state index in [0.29, 0.717) is 32.2 Å². The van der Waals surface area contributed by atoms with Gasteiger partial charge in [-0.25, -0.2) is 0 Å². The van der Waals surface area contributed by atoms with Crippen LogP contribution in [0.25, 0.3) is 17.4 Å². The number of thioether (sulfide) groups is 1. The van der Waals surface area contributed by atoms with Crippen LogP contribution in [0.2, 0.25) is 0 Å². The van der Waals surface area contributed by atoms with Crippen molar-refractivity contribution < 1.29 is 18.7 Å². The largest absolute Gasteiger partial charge is 0.497 e. The van der Waals surface area contributed by atoms with Crippen LogP contribution >= 0.6 is 39.9 Å². The Morgan fingerprint density at radius 1 is 1.07 bits per heavy atom. The zero-order valence-corrected chi connectivity index (χ0v) is 19.3. The number of hydrogen-bond acceptors (Lipinski definition) is 6. The number of amides is 1. The van der Waals surface area contributed by atoms with Gasteiger partial charge in [0.1, 0.15) is 23.0 Å². The molecule has 0 atom stereocenters. The summed E-state index contributed by atoms with van der Waals surface area (Å²) in [5.74, 6) is 2.21. The number of ether oxygens (including phenoxy) is 2. The molecule has 2 heterocycles. The molecule has 0 N–H and O–H groups in total. The van der Waals surface area contributed by atoms with Crippen molar-refractivity contribution in [3.8, 4) is 22.8 Å². The molecule has 0 saturated carbocycles. The van der Waals surface area contributed by atoms with Crippen LogP contribution in [0.5, 0.6) is 11.5 Å². The molecule has 0 aliphatic carbocycles. The van der Waals surface area contributed by atoms with Crippen molar-refractivity contribution in [2.24, 2.45) is 0 Å². The summed E-state index contributed by atoms with van der Waals surface area (Å²) in [4.78, 5) is 15.0. The smallest absolute Gasteiger partial charge is 0.271 e. The summed E-state index contributed by atoms with van der Waals surface area (Å²) < 4.78 is 18.0. The normalized spacial score (nSPS) is 15.2. The highest BCUT2D eigenvalue weighted by molar-refractivity contribution is 9.10. The summed E-state index contributed by atoms with van der Waals surface area (Å²) in [6.07, 6.45) is 1.71. The molecule has 1 aliphatic heterocycles. The Labute approximate surface area is 191 Å². The quantitative estimate of drug-likeness (QED) is 0.309. The first-order chi connectivity index (χ1) is 14.5. The van der Waals surface area contributed by atoms with Crippen LogP contribution in [0.4, 0.5) is 5.69 Å². The molecule has 1 amide bonds. The minimum atomic E-state index is -0.227. The maximum atomic E-state index is 13.1. The van der Waals surface area contributed by atoms with E-state index in [0.717, 1.165) is 15.8 Å². The molecule has 1 aliphatic rings. The lowest BCUT2D eigenvalue weighted by atomic mass is 10.2. The molecule has 2 aromatic carbocycles. The number of carbonyl (C=O) groups is 1. The van der Waals surface area contributed by atoms with E-state index in [2.05, 4.69) is 15.9 Å². The van der Waals surface area contributed by atoms with E-state index in [9.17, 15) is 4.79 Å². The molecular formula is C22H16BrNO4S2. The first kappa shape index (κ1) is 20.7. The molecule has 1 fully saturated rings. The zero-order chi connectivity index (χ0) is 21.3. The van der Waals surface area contributed by atoms with Crippen LogP contribution in [-0.4, -0.2) is 24.4 Å². The minimum absolute atomic E-state index is 0.227. The minimum Gasteiger partial charge on any atom is -0.497 e. The topological polar surface area (TPSA) is 51.9 Å². The lowest BCUT2D eigenvalue weighted by molar-refractivity contribution is -0.113. The molecule has 0 spiro atoms. The number of hydrogen-bond donors (Lipinski definition) is 0. The van der Waals surface area contributed by atoms with Gasteiger partial charge in [-0.2, -0.15) is 0 Å². The van der Waals surface area contributed by atoms with Gasteiger partial charge in [0.25, 0.3) is 5.91 Å². The summed E-state index contributed by atoms with van der Waals surface area (Å²) in [6, 6.07) is 16.8. The maximum absolute atomic E-state index is 13.1. The number of nitrogens with zero attached hydrogens (tertiary/aromatic N) is 1. The third-order valence-electron chi connectivity index (χ3n) is 4.45. The van der Waals surface area contributed by atoms with Gasteiger partial charge >= 0.3 is 0 Å². The second-order valence-corrected chi connectivity index (χ2v) is 8.86. The van der Waals surface area contributed by atoms with Crippen LogP contribution in [0.1, 0.15) is 5.76 Å². The van der Waals surface area contributed by atoms with Gasteiger partial charge in [0.2, 0.25) is 0 Å². The van der Waals surface area contributed by atoms with Crippen LogP contribution in [-0.2, 0) is 4.79 Å². The van der Waals surface area contributed by atoms with Crippen LogP contribution in [0.3, 0.4) is 0 Å². The summed E-state index contributed by atoms with van der Waals surface area (Å²) in [5, 5.41) is 0. The highest BCUT2D eigenvalue weighted by Gasteiger charge is 2.35. The van der Waals surface area contributed by atoms with Crippen molar-refractivity contribution >= 4 is 61.9 Å². The van der Waals surface area contributed by atoms with Crippen LogP contribution in [0.15, 0.2) is 68.4 Å². The molecule has 1 saturated heterocycles. The van der Waals surface area contributed by atoms with Crippen LogP contribution in [0, 0.1) is 0 Å². The molecule has 152 valence electrons. The SMILES string of the molecule is COc1ccc(N2C(=O)C(=Cc3ccc(-c4ccc(Br)cc4)o3)SC2=S)c(OC)c1. The van der Waals surface area contributed by atoms with Gasteiger partial charge in [-0.3, -0.25) is 9.69 Å². The van der Waals surface area contributed by atoms with Gasteiger partial charge in [0.05, 0.1) is 24.8 Å². The fourth-order valence-electron chi connectivity index (χ4n) is 2.97. The molecule has 0 radical (unpaired) electrons. The number of halogens is 1. The summed E-state index contributed by atoms with van der Waals surface area (Å²) in [5.41, 5.74) is 1.52. The van der Waals surface area contributed by atoms with Crippen molar-refractivity contribution in [3.05, 3.63) is 69.7 Å². The number of methoxy groups -OCH3 is 2. The number of thiocarbonyl (C=S) groups is 1. The van der Waals surface area contributed by atoms with Crippen molar-refractivity contribution in [2.75, 3.05) is 19.1 Å². The average molecular weight is 502 g/mol. The van der Waals surface area contributed by atoms with Crippen molar-refractivity contribution in [2.45, 2.75) is 0 Å². The first-order valence-corrected chi connectivity index (χ1v) is 10.9. The average Bonchev–Trinajstić information content (AvgIpc) is 3.32. The molecule has 30 heavy (non-hydrogen) atoms. The summed E-state index contributed by atoms with van der Waals surface area (Å²) in [6.45, 7) is 0. The molecule has 4 rings (SSSR count). The fraction of sp³-hybridized carbons (Fsp3) is 0.0909. The molecule has 5 nitrogen and oxygen atoms in total. The van der Waals surface area contributed by atoms with Crippen LogP contribution < -0.4 is 14.4 Å². The van der Waals surface area contributed by atoms with Gasteiger partial charge in [-0.05, 0) is 36.4 Å². The Morgan fingerprint density at radius 2 is 1.83 bits per heavy atom. The van der Waals surface area contributed by atoms with Gasteiger partial charge in [0.15, 0.2) is 4.32 Å². The number of anilines is 1. The first-order valence-electron chi connectivity index (χ1n) is 8.86. The molecular weight excluding hydrogens is 486 g/mol. The van der Waals surface area contributed by atoms with Gasteiger partial charge < -0.3 is 13.9 Å². The van der Waals surface area contributed by atoms with E-state index in [1.165, 1.54) is 23.8 Å². The Bertz CT molecular complexity index is 1150. The monoisotopic (exact) mass is 501 g/mol. The van der Waals surface area contributed by atoms with E-state index < -0.39 is 0 Å². The van der Waals surface area contributed by atoms with Crippen molar-refractivity contribution in [1.29, 1.82) is 0 Å². The lowest BCUT2D eigenvalue weighted by Gasteiger charge is -2.18. The highest BCUT2D eigenvalue weighted by Crippen LogP contribution is 2.41. The van der Waals surface area contributed by atoms with E-state index in [1.54, 1.807) is 31.4 Å². The van der Waals surface area contributed by atoms with E-state index >= 15 is 0 Å². The van der Waals surface area contributed by atoms with E-state index in [1.807, 2.05) is 36.4 Å².